The SMILES string of the molecule is NC(=O)C(Nc1cccc(Cl)c1)c1ccc(Br)cc1Cl. The number of benzene rings is 2. The fourth-order valence-corrected chi connectivity index (χ4v) is 2.76. The average molecular weight is 374 g/mol. The molecule has 0 aliphatic carbocycles. The average Bonchev–Trinajstić information content (AvgIpc) is 2.36. The van der Waals surface area contributed by atoms with Crippen molar-refractivity contribution in [2.45, 2.75) is 6.04 Å². The molecule has 2 aromatic rings. The molecule has 0 heterocycles. The van der Waals surface area contributed by atoms with Crippen molar-refractivity contribution in [3.8, 4) is 0 Å². The molecular weight excluding hydrogens is 363 g/mol. The minimum atomic E-state index is -0.728. The van der Waals surface area contributed by atoms with E-state index in [-0.39, 0.29) is 0 Å². The number of carbonyl (C=O) groups is 1. The summed E-state index contributed by atoms with van der Waals surface area (Å²) < 4.78 is 0.831. The number of carbonyl (C=O) groups excluding carboxylic acids is 1. The second-order valence-corrected chi connectivity index (χ2v) is 5.92. The Labute approximate surface area is 135 Å². The number of amides is 1. The van der Waals surface area contributed by atoms with Crippen molar-refractivity contribution in [3.63, 3.8) is 0 Å². The number of nitrogens with one attached hydrogen (secondary N) is 1. The summed E-state index contributed by atoms with van der Waals surface area (Å²) in [4.78, 5) is 11.7. The Morgan fingerprint density at radius 1 is 1.20 bits per heavy atom. The third kappa shape index (κ3) is 3.66. The third-order valence-electron chi connectivity index (χ3n) is 2.69. The molecule has 0 saturated carbocycles. The highest BCUT2D eigenvalue weighted by Crippen LogP contribution is 2.29. The first-order valence-electron chi connectivity index (χ1n) is 5.74. The van der Waals surface area contributed by atoms with Gasteiger partial charge in [0.25, 0.3) is 0 Å². The van der Waals surface area contributed by atoms with E-state index in [2.05, 4.69) is 21.2 Å². The van der Waals surface area contributed by atoms with Crippen molar-refractivity contribution in [2.75, 3.05) is 5.32 Å². The maximum absolute atomic E-state index is 11.7. The number of nitrogens with two attached hydrogens (primary N) is 1. The Kier molecular flexibility index (Phi) is 4.91. The molecule has 0 bridgehead atoms. The molecule has 2 rings (SSSR count). The fraction of sp³-hybridized carbons (Fsp3) is 0.0714. The summed E-state index contributed by atoms with van der Waals surface area (Å²) in [6.45, 7) is 0. The van der Waals surface area contributed by atoms with E-state index in [1.807, 2.05) is 0 Å². The van der Waals surface area contributed by atoms with Gasteiger partial charge in [-0.15, -0.1) is 0 Å². The maximum Gasteiger partial charge on any atom is 0.244 e. The van der Waals surface area contributed by atoms with Crippen LogP contribution in [0, 0.1) is 0 Å². The quantitative estimate of drug-likeness (QED) is 0.834. The van der Waals surface area contributed by atoms with E-state index < -0.39 is 11.9 Å². The first-order chi connectivity index (χ1) is 9.47. The van der Waals surface area contributed by atoms with Crippen LogP contribution < -0.4 is 11.1 Å². The Balaban J connectivity index is 2.34. The number of halogens is 3. The molecule has 1 amide bonds. The Morgan fingerprint density at radius 3 is 2.55 bits per heavy atom. The Hall–Kier alpha value is -1.23. The highest BCUT2D eigenvalue weighted by molar-refractivity contribution is 9.10. The van der Waals surface area contributed by atoms with Gasteiger partial charge in [0.2, 0.25) is 5.91 Å². The highest BCUT2D eigenvalue weighted by atomic mass is 79.9. The first-order valence-corrected chi connectivity index (χ1v) is 7.28. The molecule has 2 aromatic carbocycles. The summed E-state index contributed by atoms with van der Waals surface area (Å²) in [6.07, 6.45) is 0. The molecule has 1 unspecified atom stereocenters. The second kappa shape index (κ2) is 6.48. The van der Waals surface area contributed by atoms with Gasteiger partial charge < -0.3 is 11.1 Å². The van der Waals surface area contributed by atoms with Crippen LogP contribution in [0.15, 0.2) is 46.9 Å². The predicted octanol–water partition coefficient (Wildman–Crippen LogP) is 4.39. The molecule has 104 valence electrons. The van der Waals surface area contributed by atoms with Crippen LogP contribution >= 0.6 is 39.1 Å². The van der Waals surface area contributed by atoms with Crippen molar-refractivity contribution < 1.29 is 4.79 Å². The zero-order valence-corrected chi connectivity index (χ0v) is 13.3. The summed E-state index contributed by atoms with van der Waals surface area (Å²) in [7, 11) is 0. The van der Waals surface area contributed by atoms with Gasteiger partial charge in [0.15, 0.2) is 0 Å². The van der Waals surface area contributed by atoms with E-state index in [0.29, 0.717) is 21.3 Å². The number of hydrogen-bond acceptors (Lipinski definition) is 2. The van der Waals surface area contributed by atoms with E-state index in [1.165, 1.54) is 0 Å². The van der Waals surface area contributed by atoms with Crippen molar-refractivity contribution >= 4 is 50.7 Å². The molecular formula is C14H11BrCl2N2O. The zero-order chi connectivity index (χ0) is 14.7. The highest BCUT2D eigenvalue weighted by Gasteiger charge is 2.20. The molecule has 0 radical (unpaired) electrons. The predicted molar refractivity (Wildman–Crippen MR) is 86.2 cm³/mol. The monoisotopic (exact) mass is 372 g/mol. The zero-order valence-electron chi connectivity index (χ0n) is 10.2. The molecule has 0 saturated heterocycles. The molecule has 6 heteroatoms. The molecule has 3 N–H and O–H groups in total. The van der Waals surface area contributed by atoms with Gasteiger partial charge in [0.1, 0.15) is 6.04 Å². The normalized spacial score (nSPS) is 11.9. The van der Waals surface area contributed by atoms with Crippen molar-refractivity contribution in [1.29, 1.82) is 0 Å². The van der Waals surface area contributed by atoms with Crippen molar-refractivity contribution in [1.82, 2.24) is 0 Å². The third-order valence-corrected chi connectivity index (χ3v) is 3.75. The lowest BCUT2D eigenvalue weighted by atomic mass is 10.1. The first kappa shape index (κ1) is 15.2. The van der Waals surface area contributed by atoms with Crippen molar-refractivity contribution in [2.24, 2.45) is 5.73 Å². The molecule has 0 aromatic heterocycles. The minimum absolute atomic E-state index is 0.456. The molecule has 0 spiro atoms. The van der Waals surface area contributed by atoms with Gasteiger partial charge in [0.05, 0.1) is 0 Å². The summed E-state index contributed by atoms with van der Waals surface area (Å²) >= 11 is 15.4. The largest absolute Gasteiger partial charge is 0.370 e. The lowest BCUT2D eigenvalue weighted by molar-refractivity contribution is -0.118. The Morgan fingerprint density at radius 2 is 1.95 bits per heavy atom. The van der Waals surface area contributed by atoms with E-state index in [4.69, 9.17) is 28.9 Å². The topological polar surface area (TPSA) is 55.1 Å². The summed E-state index contributed by atoms with van der Waals surface area (Å²) in [5, 5.41) is 4.06. The Bertz CT molecular complexity index is 649. The van der Waals surface area contributed by atoms with Crippen LogP contribution in [0.5, 0.6) is 0 Å². The number of primary amides is 1. The molecule has 20 heavy (non-hydrogen) atoms. The van der Waals surface area contributed by atoms with E-state index in [1.54, 1.807) is 42.5 Å². The van der Waals surface area contributed by atoms with Crippen molar-refractivity contribution in [3.05, 3.63) is 62.5 Å². The smallest absolute Gasteiger partial charge is 0.244 e. The van der Waals surface area contributed by atoms with Gasteiger partial charge in [-0.2, -0.15) is 0 Å². The molecule has 1 atom stereocenters. The molecule has 0 aliphatic rings. The lowest BCUT2D eigenvalue weighted by Gasteiger charge is -2.18. The number of hydrogen-bond donors (Lipinski definition) is 2. The number of anilines is 1. The molecule has 0 aliphatic heterocycles. The van der Waals surface area contributed by atoms with Gasteiger partial charge >= 0.3 is 0 Å². The van der Waals surface area contributed by atoms with Crippen LogP contribution in [-0.2, 0) is 4.79 Å². The summed E-state index contributed by atoms with van der Waals surface area (Å²) in [6, 6.07) is 11.6. The second-order valence-electron chi connectivity index (χ2n) is 4.16. The summed E-state index contributed by atoms with van der Waals surface area (Å²) in [5.41, 5.74) is 6.76. The van der Waals surface area contributed by atoms with Crippen LogP contribution in [0.25, 0.3) is 0 Å². The minimum Gasteiger partial charge on any atom is -0.370 e. The summed E-state index contributed by atoms with van der Waals surface area (Å²) in [5.74, 6) is -0.519. The van der Waals surface area contributed by atoms with Gasteiger partial charge in [-0.1, -0.05) is 51.3 Å². The lowest BCUT2D eigenvalue weighted by Crippen LogP contribution is -2.28. The van der Waals surface area contributed by atoms with Gasteiger partial charge in [0, 0.05) is 25.8 Å². The fourth-order valence-electron chi connectivity index (χ4n) is 1.78. The van der Waals surface area contributed by atoms with Gasteiger partial charge in [-0.25, -0.2) is 0 Å². The number of rotatable bonds is 4. The van der Waals surface area contributed by atoms with Gasteiger partial charge in [-0.05, 0) is 30.3 Å². The van der Waals surface area contributed by atoms with E-state index in [9.17, 15) is 4.79 Å². The van der Waals surface area contributed by atoms with Crippen LogP contribution in [0.4, 0.5) is 5.69 Å². The molecule has 3 nitrogen and oxygen atoms in total. The van der Waals surface area contributed by atoms with Gasteiger partial charge in [-0.3, -0.25) is 4.79 Å². The van der Waals surface area contributed by atoms with Crippen LogP contribution in [0.2, 0.25) is 10.0 Å². The maximum atomic E-state index is 11.7. The van der Waals surface area contributed by atoms with Crippen LogP contribution in [-0.4, -0.2) is 5.91 Å². The van der Waals surface area contributed by atoms with E-state index in [0.717, 1.165) is 4.47 Å². The van der Waals surface area contributed by atoms with Crippen LogP contribution in [0.1, 0.15) is 11.6 Å². The van der Waals surface area contributed by atoms with Crippen LogP contribution in [0.3, 0.4) is 0 Å². The molecule has 0 fully saturated rings. The van der Waals surface area contributed by atoms with E-state index >= 15 is 0 Å². The standard InChI is InChI=1S/C14H11BrCl2N2O/c15-8-4-5-11(12(17)6-8)13(14(18)20)19-10-3-1-2-9(16)7-10/h1-7,13,19H,(H2,18,20).